The average Bonchev–Trinajstić information content (AvgIpc) is 2.58. The molecule has 1 rings (SSSR count). The van der Waals surface area contributed by atoms with Crippen LogP contribution in [0, 0.1) is 25.2 Å². The summed E-state index contributed by atoms with van der Waals surface area (Å²) in [6, 6.07) is 1.77. The van der Waals surface area contributed by atoms with Gasteiger partial charge in [0.05, 0.1) is 17.5 Å². The number of nitrogens with one attached hydrogen (secondary N) is 1. The van der Waals surface area contributed by atoms with Crippen molar-refractivity contribution in [1.82, 2.24) is 14.5 Å². The van der Waals surface area contributed by atoms with Gasteiger partial charge >= 0.3 is 0 Å². The maximum atomic E-state index is 12.5. The predicted molar refractivity (Wildman–Crippen MR) is 67.3 cm³/mol. The Bertz CT molecular complexity index is 535. The molecule has 0 unspecified atom stereocenters. The monoisotopic (exact) mass is 270 g/mol. The van der Waals surface area contributed by atoms with Crippen molar-refractivity contribution in [1.29, 1.82) is 5.26 Å². The number of aromatic amines is 1. The summed E-state index contributed by atoms with van der Waals surface area (Å²) in [6.45, 7) is 7.11. The Morgan fingerprint density at radius 3 is 2.44 bits per heavy atom. The summed E-state index contributed by atoms with van der Waals surface area (Å²) in [7, 11) is -3.60. The molecule has 0 aliphatic heterocycles. The predicted octanol–water partition coefficient (Wildman–Crippen LogP) is 1.34. The summed E-state index contributed by atoms with van der Waals surface area (Å²) in [4.78, 5) is 0.217. The fraction of sp³-hybridized carbons (Fsp3) is 0.636. The third-order valence-corrected chi connectivity index (χ3v) is 4.99. The van der Waals surface area contributed by atoms with E-state index in [2.05, 4.69) is 10.2 Å². The zero-order valence-electron chi connectivity index (χ0n) is 11.1. The van der Waals surface area contributed by atoms with Crippen molar-refractivity contribution in [3.05, 3.63) is 11.4 Å². The van der Waals surface area contributed by atoms with Gasteiger partial charge in [0.1, 0.15) is 4.90 Å². The number of nitrogens with zero attached hydrogens (tertiary/aromatic N) is 3. The van der Waals surface area contributed by atoms with Crippen LogP contribution in [0.1, 0.15) is 31.7 Å². The molecule has 0 saturated carbocycles. The molecule has 0 aliphatic carbocycles. The summed E-state index contributed by atoms with van der Waals surface area (Å²) in [5.41, 5.74) is 0.977. The quantitative estimate of drug-likeness (QED) is 0.874. The van der Waals surface area contributed by atoms with Crippen molar-refractivity contribution in [2.45, 2.75) is 45.1 Å². The van der Waals surface area contributed by atoms with Gasteiger partial charge in [-0.3, -0.25) is 5.10 Å². The zero-order valence-corrected chi connectivity index (χ0v) is 11.9. The third-order valence-electron chi connectivity index (χ3n) is 2.65. The van der Waals surface area contributed by atoms with E-state index in [-0.39, 0.29) is 23.9 Å². The van der Waals surface area contributed by atoms with Crippen molar-refractivity contribution >= 4 is 10.0 Å². The lowest BCUT2D eigenvalue weighted by atomic mass is 10.3. The van der Waals surface area contributed by atoms with E-state index in [9.17, 15) is 8.42 Å². The molecular formula is C11H18N4O2S. The van der Waals surface area contributed by atoms with Gasteiger partial charge < -0.3 is 0 Å². The van der Waals surface area contributed by atoms with Crippen LogP contribution >= 0.6 is 0 Å². The summed E-state index contributed by atoms with van der Waals surface area (Å²) < 4.78 is 26.4. The Kier molecular flexibility index (Phi) is 4.48. The minimum atomic E-state index is -3.60. The normalized spacial score (nSPS) is 12.1. The standard InChI is InChI=1S/C11H18N4O2S/c1-8(2)15(7-5-6-12)18(16,17)11-9(3)13-14-10(11)4/h8H,5,7H2,1-4H3,(H,13,14). The topological polar surface area (TPSA) is 89.8 Å². The lowest BCUT2D eigenvalue weighted by molar-refractivity contribution is 0.360. The van der Waals surface area contributed by atoms with E-state index in [1.54, 1.807) is 27.7 Å². The Morgan fingerprint density at radius 1 is 1.44 bits per heavy atom. The number of aromatic nitrogens is 2. The number of H-pyrrole nitrogens is 1. The van der Waals surface area contributed by atoms with Gasteiger partial charge in [0, 0.05) is 19.0 Å². The number of hydrogen-bond donors (Lipinski definition) is 1. The number of aryl methyl sites for hydroxylation is 2. The first-order valence-electron chi connectivity index (χ1n) is 5.72. The summed E-state index contributed by atoms with van der Waals surface area (Å²) in [5, 5.41) is 15.2. The van der Waals surface area contributed by atoms with Gasteiger partial charge in [-0.2, -0.15) is 14.7 Å². The first-order valence-corrected chi connectivity index (χ1v) is 7.16. The van der Waals surface area contributed by atoms with E-state index < -0.39 is 10.0 Å². The first kappa shape index (κ1) is 14.7. The van der Waals surface area contributed by atoms with E-state index in [0.717, 1.165) is 0 Å². The Hall–Kier alpha value is -1.39. The minimum absolute atomic E-state index is 0.174. The molecule has 18 heavy (non-hydrogen) atoms. The van der Waals surface area contributed by atoms with Crippen molar-refractivity contribution in [3.8, 4) is 6.07 Å². The molecule has 0 radical (unpaired) electrons. The number of hydrogen-bond acceptors (Lipinski definition) is 4. The summed E-state index contributed by atoms with van der Waals surface area (Å²) >= 11 is 0. The zero-order chi connectivity index (χ0) is 13.9. The number of rotatable bonds is 5. The highest BCUT2D eigenvalue weighted by Gasteiger charge is 2.31. The van der Waals surface area contributed by atoms with Crippen LogP contribution in [0.5, 0.6) is 0 Å². The van der Waals surface area contributed by atoms with E-state index in [1.165, 1.54) is 4.31 Å². The van der Waals surface area contributed by atoms with E-state index >= 15 is 0 Å². The second kappa shape index (κ2) is 5.50. The summed E-state index contributed by atoms with van der Waals surface area (Å²) in [5.74, 6) is 0. The van der Waals surface area contributed by atoms with E-state index in [0.29, 0.717) is 11.4 Å². The lowest BCUT2D eigenvalue weighted by Gasteiger charge is -2.25. The van der Waals surface area contributed by atoms with Gasteiger partial charge in [-0.25, -0.2) is 8.42 Å². The Morgan fingerprint density at radius 2 is 2.06 bits per heavy atom. The minimum Gasteiger partial charge on any atom is -0.281 e. The molecule has 0 fully saturated rings. The molecule has 0 aromatic carbocycles. The maximum absolute atomic E-state index is 12.5. The summed E-state index contributed by atoms with van der Waals surface area (Å²) in [6.07, 6.45) is 0.174. The molecule has 0 saturated heterocycles. The van der Waals surface area contributed by atoms with Gasteiger partial charge in [0.15, 0.2) is 0 Å². The smallest absolute Gasteiger partial charge is 0.246 e. The molecule has 6 nitrogen and oxygen atoms in total. The van der Waals surface area contributed by atoms with Crippen LogP contribution in [-0.2, 0) is 10.0 Å². The average molecular weight is 270 g/mol. The molecule has 0 atom stereocenters. The highest BCUT2D eigenvalue weighted by Crippen LogP contribution is 2.23. The number of sulfonamides is 1. The van der Waals surface area contributed by atoms with Crippen molar-refractivity contribution in [3.63, 3.8) is 0 Å². The van der Waals surface area contributed by atoms with Crippen molar-refractivity contribution in [2.24, 2.45) is 0 Å². The van der Waals surface area contributed by atoms with Crippen molar-refractivity contribution < 1.29 is 8.42 Å². The SMILES string of the molecule is Cc1n[nH]c(C)c1S(=O)(=O)N(CCC#N)C(C)C. The van der Waals surface area contributed by atoms with Crippen LogP contribution in [0.4, 0.5) is 0 Å². The molecule has 7 heteroatoms. The molecule has 0 aliphatic rings. The van der Waals surface area contributed by atoms with Gasteiger partial charge in [0.25, 0.3) is 0 Å². The van der Waals surface area contributed by atoms with Crippen LogP contribution < -0.4 is 0 Å². The highest BCUT2D eigenvalue weighted by atomic mass is 32.2. The largest absolute Gasteiger partial charge is 0.281 e. The fourth-order valence-corrected chi connectivity index (χ4v) is 3.83. The molecule has 1 aromatic rings. The van der Waals surface area contributed by atoms with E-state index in [1.807, 2.05) is 6.07 Å². The third kappa shape index (κ3) is 2.71. The van der Waals surface area contributed by atoms with Crippen LogP contribution in [0.15, 0.2) is 4.90 Å². The molecule has 0 amide bonds. The maximum Gasteiger partial charge on any atom is 0.246 e. The molecule has 0 bridgehead atoms. The van der Waals surface area contributed by atoms with Crippen LogP contribution in [0.25, 0.3) is 0 Å². The lowest BCUT2D eigenvalue weighted by Crippen LogP contribution is -2.38. The van der Waals surface area contributed by atoms with Gasteiger partial charge in [-0.15, -0.1) is 0 Å². The Balaban J connectivity index is 3.23. The molecule has 1 N–H and O–H groups in total. The molecule has 0 spiro atoms. The van der Waals surface area contributed by atoms with E-state index in [4.69, 9.17) is 5.26 Å². The molecule has 100 valence electrons. The van der Waals surface area contributed by atoms with Gasteiger partial charge in [-0.05, 0) is 27.7 Å². The first-order chi connectivity index (χ1) is 8.32. The molecular weight excluding hydrogens is 252 g/mol. The second-order valence-electron chi connectivity index (χ2n) is 4.38. The van der Waals surface area contributed by atoms with Crippen molar-refractivity contribution in [2.75, 3.05) is 6.54 Å². The second-order valence-corrected chi connectivity index (χ2v) is 6.21. The van der Waals surface area contributed by atoms with Gasteiger partial charge in [-0.1, -0.05) is 0 Å². The Labute approximate surface area is 108 Å². The van der Waals surface area contributed by atoms with Crippen LogP contribution in [0.2, 0.25) is 0 Å². The fourth-order valence-electron chi connectivity index (χ4n) is 1.85. The van der Waals surface area contributed by atoms with Crippen LogP contribution in [-0.4, -0.2) is 35.5 Å². The highest BCUT2D eigenvalue weighted by molar-refractivity contribution is 7.89. The molecule has 1 heterocycles. The van der Waals surface area contributed by atoms with Crippen LogP contribution in [0.3, 0.4) is 0 Å². The molecule has 1 aromatic heterocycles. The number of nitriles is 1. The van der Waals surface area contributed by atoms with Gasteiger partial charge in [0.2, 0.25) is 10.0 Å².